The molecule has 0 bridgehead atoms. The molecule has 2 N–H and O–H groups in total. The molecule has 2 aromatic heterocycles. The summed E-state index contributed by atoms with van der Waals surface area (Å²) in [6.45, 7) is 3.43. The SMILES string of the molecule is CC[C@@H](Oc1cc(/C(C=NC)=C/NC)cc2ncnc(Nc3ccc4ncccc4c3F)c12)C1COC1. The van der Waals surface area contributed by atoms with E-state index in [-0.39, 0.29) is 6.10 Å². The third-order valence-corrected chi connectivity index (χ3v) is 6.45. The maximum atomic E-state index is 15.4. The number of nitrogens with zero attached hydrogens (tertiary/aromatic N) is 4. The summed E-state index contributed by atoms with van der Waals surface area (Å²) in [5, 5.41) is 7.36. The maximum absolute atomic E-state index is 15.4. The molecule has 8 nitrogen and oxygen atoms in total. The number of halogens is 1. The van der Waals surface area contributed by atoms with E-state index in [0.29, 0.717) is 58.2 Å². The van der Waals surface area contributed by atoms with Crippen molar-refractivity contribution in [2.75, 3.05) is 32.6 Å². The van der Waals surface area contributed by atoms with Crippen LogP contribution in [-0.2, 0) is 4.74 Å². The lowest BCUT2D eigenvalue weighted by Gasteiger charge is -2.33. The third kappa shape index (κ3) is 4.95. The van der Waals surface area contributed by atoms with E-state index in [1.54, 1.807) is 43.7 Å². The number of aliphatic imine (C=N–C) groups is 1. The fourth-order valence-electron chi connectivity index (χ4n) is 4.48. The van der Waals surface area contributed by atoms with E-state index in [1.165, 1.54) is 6.33 Å². The van der Waals surface area contributed by atoms with Crippen LogP contribution in [0.3, 0.4) is 0 Å². The highest BCUT2D eigenvalue weighted by Crippen LogP contribution is 2.37. The number of aromatic nitrogens is 3. The molecule has 1 aliphatic rings. The lowest BCUT2D eigenvalue weighted by molar-refractivity contribution is -0.0832. The Balaban J connectivity index is 1.64. The Hall–Kier alpha value is -4.11. The van der Waals surface area contributed by atoms with Crippen LogP contribution in [0.1, 0.15) is 18.9 Å². The molecular weight excluding hydrogens is 471 g/mol. The highest BCUT2D eigenvalue weighted by Gasteiger charge is 2.30. The molecule has 0 amide bonds. The molecule has 3 heterocycles. The second-order valence-corrected chi connectivity index (χ2v) is 8.85. The molecular formula is C28H29FN6O2. The van der Waals surface area contributed by atoms with Gasteiger partial charge in [0.1, 0.15) is 24.0 Å². The van der Waals surface area contributed by atoms with Gasteiger partial charge in [0, 0.05) is 49.6 Å². The van der Waals surface area contributed by atoms with Gasteiger partial charge in [0.05, 0.1) is 35.3 Å². The molecule has 190 valence electrons. The lowest BCUT2D eigenvalue weighted by atomic mass is 9.98. The van der Waals surface area contributed by atoms with Crippen molar-refractivity contribution < 1.29 is 13.9 Å². The molecule has 2 aromatic carbocycles. The highest BCUT2D eigenvalue weighted by molar-refractivity contribution is 6.11. The zero-order chi connectivity index (χ0) is 25.8. The molecule has 5 rings (SSSR count). The number of pyridine rings is 1. The fourth-order valence-corrected chi connectivity index (χ4v) is 4.48. The van der Waals surface area contributed by atoms with E-state index >= 15 is 4.39 Å². The largest absolute Gasteiger partial charge is 0.489 e. The molecule has 0 radical (unpaired) electrons. The maximum Gasteiger partial charge on any atom is 0.156 e. The van der Waals surface area contributed by atoms with Crippen molar-refractivity contribution >= 4 is 45.1 Å². The first kappa shape index (κ1) is 24.6. The summed E-state index contributed by atoms with van der Waals surface area (Å²) < 4.78 is 27.4. The number of allylic oxidation sites excluding steroid dienone is 1. The summed E-state index contributed by atoms with van der Waals surface area (Å²) in [4.78, 5) is 17.5. The minimum absolute atomic E-state index is 0.0414. The Bertz CT molecular complexity index is 1480. The van der Waals surface area contributed by atoms with E-state index in [9.17, 15) is 0 Å². The number of fused-ring (bicyclic) bond motifs is 2. The summed E-state index contributed by atoms with van der Waals surface area (Å²) in [6, 6.07) is 10.8. The summed E-state index contributed by atoms with van der Waals surface area (Å²) in [5.74, 6) is 0.980. The number of nitrogens with one attached hydrogen (secondary N) is 2. The molecule has 0 saturated carbocycles. The standard InChI is InChI=1S/C28H29FN6O2/c1-4-24(19-14-36-15-19)37-25-11-17(18(12-30-2)13-31-3)10-23-26(25)28(34-16-33-23)35-22-8-7-21-20(27(22)29)6-5-9-32-21/h5-13,16,19,24,30H,4,14-15H2,1-3H3,(H,33,34,35)/b18-12+,31-13?/t24-/m1/s1. The summed E-state index contributed by atoms with van der Waals surface area (Å²) in [7, 11) is 3.56. The molecule has 0 unspecified atom stereocenters. The van der Waals surface area contributed by atoms with E-state index in [2.05, 4.69) is 37.5 Å². The minimum Gasteiger partial charge on any atom is -0.489 e. The quantitative estimate of drug-likeness (QED) is 0.308. The van der Waals surface area contributed by atoms with Crippen molar-refractivity contribution in [1.29, 1.82) is 0 Å². The normalized spacial score (nSPS) is 15.2. The van der Waals surface area contributed by atoms with Gasteiger partial charge in [0.2, 0.25) is 0 Å². The van der Waals surface area contributed by atoms with E-state index in [0.717, 1.165) is 17.6 Å². The molecule has 1 saturated heterocycles. The van der Waals surface area contributed by atoms with Crippen LogP contribution in [0.25, 0.3) is 27.4 Å². The lowest BCUT2D eigenvalue weighted by Crippen LogP contribution is -2.40. The van der Waals surface area contributed by atoms with E-state index in [1.807, 2.05) is 25.4 Å². The van der Waals surface area contributed by atoms with Crippen molar-refractivity contribution in [3.05, 3.63) is 66.5 Å². The second kappa shape index (κ2) is 10.9. The van der Waals surface area contributed by atoms with Gasteiger partial charge in [-0.1, -0.05) is 6.92 Å². The van der Waals surface area contributed by atoms with Gasteiger partial charge >= 0.3 is 0 Å². The van der Waals surface area contributed by atoms with E-state index in [4.69, 9.17) is 9.47 Å². The number of benzene rings is 2. The first-order valence-corrected chi connectivity index (χ1v) is 12.3. The Morgan fingerprint density at radius 2 is 2.08 bits per heavy atom. The van der Waals surface area contributed by atoms with Crippen LogP contribution in [0.4, 0.5) is 15.9 Å². The average Bonchev–Trinajstić information content (AvgIpc) is 2.88. The zero-order valence-corrected chi connectivity index (χ0v) is 21.0. The Morgan fingerprint density at radius 3 is 2.81 bits per heavy atom. The Labute approximate surface area is 214 Å². The molecule has 0 spiro atoms. The van der Waals surface area contributed by atoms with Gasteiger partial charge in [-0.15, -0.1) is 0 Å². The predicted octanol–water partition coefficient (Wildman–Crippen LogP) is 5.13. The number of hydrogen-bond acceptors (Lipinski definition) is 8. The highest BCUT2D eigenvalue weighted by atomic mass is 19.1. The van der Waals surface area contributed by atoms with E-state index < -0.39 is 5.82 Å². The van der Waals surface area contributed by atoms with Crippen LogP contribution in [0, 0.1) is 11.7 Å². The third-order valence-electron chi connectivity index (χ3n) is 6.45. The van der Waals surface area contributed by atoms with Crippen LogP contribution in [0.2, 0.25) is 0 Å². The first-order valence-electron chi connectivity index (χ1n) is 12.3. The van der Waals surface area contributed by atoms with Gasteiger partial charge in [-0.25, -0.2) is 14.4 Å². The molecule has 0 aliphatic carbocycles. The summed E-state index contributed by atoms with van der Waals surface area (Å²) in [6.07, 6.45) is 7.53. The second-order valence-electron chi connectivity index (χ2n) is 8.85. The van der Waals surface area contributed by atoms with Crippen LogP contribution >= 0.6 is 0 Å². The van der Waals surface area contributed by atoms with Crippen molar-refractivity contribution in [1.82, 2.24) is 20.3 Å². The average molecular weight is 501 g/mol. The van der Waals surface area contributed by atoms with Crippen molar-refractivity contribution in [3.63, 3.8) is 0 Å². The number of ether oxygens (including phenoxy) is 2. The molecule has 1 fully saturated rings. The minimum atomic E-state index is -0.395. The predicted molar refractivity (Wildman–Crippen MR) is 145 cm³/mol. The van der Waals surface area contributed by atoms with Gasteiger partial charge in [-0.2, -0.15) is 0 Å². The van der Waals surface area contributed by atoms with Gasteiger partial charge < -0.3 is 20.1 Å². The van der Waals surface area contributed by atoms with Crippen LogP contribution in [-0.4, -0.2) is 54.6 Å². The molecule has 37 heavy (non-hydrogen) atoms. The van der Waals surface area contributed by atoms with Crippen molar-refractivity contribution in [3.8, 4) is 5.75 Å². The van der Waals surface area contributed by atoms with Gasteiger partial charge in [-0.3, -0.25) is 9.98 Å². The van der Waals surface area contributed by atoms with Gasteiger partial charge in [0.15, 0.2) is 5.82 Å². The fraction of sp³-hybridized carbons (Fsp3) is 0.286. The molecule has 4 aromatic rings. The topological polar surface area (TPSA) is 93.5 Å². The monoisotopic (exact) mass is 500 g/mol. The molecule has 1 aliphatic heterocycles. The summed E-state index contributed by atoms with van der Waals surface area (Å²) >= 11 is 0. The molecule has 9 heteroatoms. The van der Waals surface area contributed by atoms with Crippen molar-refractivity contribution in [2.24, 2.45) is 10.9 Å². The Morgan fingerprint density at radius 1 is 1.22 bits per heavy atom. The number of anilines is 2. The summed E-state index contributed by atoms with van der Waals surface area (Å²) in [5.41, 5.74) is 3.30. The first-order chi connectivity index (χ1) is 18.1. The number of rotatable bonds is 9. The molecule has 1 atom stereocenters. The van der Waals surface area contributed by atoms with Gasteiger partial charge in [-0.05, 0) is 48.4 Å². The number of hydrogen-bond donors (Lipinski definition) is 2. The smallest absolute Gasteiger partial charge is 0.156 e. The Kier molecular flexibility index (Phi) is 7.23. The van der Waals surface area contributed by atoms with Gasteiger partial charge in [0.25, 0.3) is 0 Å². The van der Waals surface area contributed by atoms with Crippen molar-refractivity contribution in [2.45, 2.75) is 19.4 Å². The van der Waals surface area contributed by atoms with Crippen LogP contribution in [0.5, 0.6) is 5.75 Å². The van der Waals surface area contributed by atoms with Crippen LogP contribution < -0.4 is 15.4 Å². The zero-order valence-electron chi connectivity index (χ0n) is 21.0. The van der Waals surface area contributed by atoms with Crippen LogP contribution in [0.15, 0.2) is 60.1 Å².